The van der Waals surface area contributed by atoms with Crippen molar-refractivity contribution in [3.8, 4) is 0 Å². The van der Waals surface area contributed by atoms with Gasteiger partial charge in [-0.25, -0.2) is 0 Å². The van der Waals surface area contributed by atoms with Gasteiger partial charge in [-0.15, -0.1) is 0 Å². The number of nitrogens with one attached hydrogen (secondary N) is 1. The molecule has 0 aromatic carbocycles. The molecule has 0 unspecified atom stereocenters. The van der Waals surface area contributed by atoms with Gasteiger partial charge in [-0.3, -0.25) is 0 Å². The zero-order valence-corrected chi connectivity index (χ0v) is 11.5. The van der Waals surface area contributed by atoms with Gasteiger partial charge in [-0.05, 0) is 25.3 Å². The number of hydrogen-bond acceptors (Lipinski definition) is 3. The second kappa shape index (κ2) is 5.22. The van der Waals surface area contributed by atoms with Gasteiger partial charge < -0.3 is 5.32 Å². The Kier molecular flexibility index (Phi) is 4.07. The largest absolute Gasteiger partial charge is 0.315 e. The van der Waals surface area contributed by atoms with E-state index in [-0.39, 0.29) is 6.04 Å². The first-order valence-corrected chi connectivity index (χ1v) is 7.91. The molecule has 0 saturated carbocycles. The van der Waals surface area contributed by atoms with E-state index in [4.69, 9.17) is 0 Å². The molecule has 2 rings (SSSR count). The van der Waals surface area contributed by atoms with Crippen molar-refractivity contribution in [2.75, 3.05) is 33.2 Å². The summed E-state index contributed by atoms with van der Waals surface area (Å²) in [7, 11) is -1.54. The Morgan fingerprint density at radius 2 is 2.18 bits per heavy atom. The van der Waals surface area contributed by atoms with E-state index in [1.165, 1.54) is 4.31 Å². The van der Waals surface area contributed by atoms with Crippen LogP contribution in [0, 0.1) is 5.92 Å². The van der Waals surface area contributed by atoms with E-state index < -0.39 is 10.2 Å². The van der Waals surface area contributed by atoms with Crippen LogP contribution in [0.1, 0.15) is 26.2 Å². The predicted molar refractivity (Wildman–Crippen MR) is 67.9 cm³/mol. The standard InChI is InChI=1S/C11H23N3O2S/c1-3-4-6-13(2)17(15,16)14-7-5-10-8-12-9-11(10)14/h10-12H,3-9H2,1-2H3/t10-,11+/m1/s1. The maximum atomic E-state index is 12.4. The van der Waals surface area contributed by atoms with Gasteiger partial charge in [-0.1, -0.05) is 13.3 Å². The van der Waals surface area contributed by atoms with E-state index in [2.05, 4.69) is 12.2 Å². The molecule has 0 spiro atoms. The van der Waals surface area contributed by atoms with Gasteiger partial charge in [0.15, 0.2) is 0 Å². The molecule has 0 amide bonds. The van der Waals surface area contributed by atoms with Crippen LogP contribution in [0.5, 0.6) is 0 Å². The summed E-state index contributed by atoms with van der Waals surface area (Å²) in [5.74, 6) is 0.518. The molecule has 2 fully saturated rings. The molecule has 5 nitrogen and oxygen atoms in total. The van der Waals surface area contributed by atoms with E-state index in [0.717, 1.165) is 32.4 Å². The number of fused-ring (bicyclic) bond motifs is 1. The van der Waals surface area contributed by atoms with Crippen LogP contribution in [-0.2, 0) is 10.2 Å². The molecular formula is C11H23N3O2S. The number of hydrogen-bond donors (Lipinski definition) is 1. The van der Waals surface area contributed by atoms with E-state index in [9.17, 15) is 8.42 Å². The highest BCUT2D eigenvalue weighted by Crippen LogP contribution is 2.30. The molecule has 17 heavy (non-hydrogen) atoms. The van der Waals surface area contributed by atoms with Crippen LogP contribution in [0.2, 0.25) is 0 Å². The third kappa shape index (κ3) is 2.50. The summed E-state index contributed by atoms with van der Waals surface area (Å²) >= 11 is 0. The summed E-state index contributed by atoms with van der Waals surface area (Å²) in [5.41, 5.74) is 0. The molecule has 2 atom stereocenters. The van der Waals surface area contributed by atoms with Crippen LogP contribution in [0.15, 0.2) is 0 Å². The van der Waals surface area contributed by atoms with Crippen LogP contribution in [0.25, 0.3) is 0 Å². The van der Waals surface area contributed by atoms with Crippen LogP contribution >= 0.6 is 0 Å². The highest BCUT2D eigenvalue weighted by molar-refractivity contribution is 7.86. The lowest BCUT2D eigenvalue weighted by Crippen LogP contribution is -2.46. The molecule has 2 aliphatic rings. The molecular weight excluding hydrogens is 238 g/mol. The molecule has 100 valence electrons. The smallest absolute Gasteiger partial charge is 0.282 e. The summed E-state index contributed by atoms with van der Waals surface area (Å²) in [6.45, 7) is 5.17. The lowest BCUT2D eigenvalue weighted by molar-refractivity contribution is 0.338. The average Bonchev–Trinajstić information content (AvgIpc) is 2.86. The first kappa shape index (κ1) is 13.3. The zero-order valence-electron chi connectivity index (χ0n) is 10.7. The highest BCUT2D eigenvalue weighted by Gasteiger charge is 2.44. The lowest BCUT2D eigenvalue weighted by Gasteiger charge is -2.28. The second-order valence-electron chi connectivity index (χ2n) is 5.07. The van der Waals surface area contributed by atoms with E-state index in [0.29, 0.717) is 19.0 Å². The molecule has 0 aromatic heterocycles. The fourth-order valence-electron chi connectivity index (χ4n) is 2.77. The van der Waals surface area contributed by atoms with Gasteiger partial charge >= 0.3 is 0 Å². The number of unbranched alkanes of at least 4 members (excludes halogenated alkanes) is 1. The summed E-state index contributed by atoms with van der Waals surface area (Å²) in [6.07, 6.45) is 2.95. The van der Waals surface area contributed by atoms with Crippen molar-refractivity contribution in [1.29, 1.82) is 0 Å². The Bertz CT molecular complexity index is 358. The molecule has 1 N–H and O–H groups in total. The average molecular weight is 261 g/mol. The lowest BCUT2D eigenvalue weighted by atomic mass is 10.1. The van der Waals surface area contributed by atoms with Crippen molar-refractivity contribution in [1.82, 2.24) is 13.9 Å². The Morgan fingerprint density at radius 1 is 1.41 bits per heavy atom. The molecule has 0 radical (unpaired) electrons. The minimum atomic E-state index is -3.24. The maximum absolute atomic E-state index is 12.4. The summed E-state index contributed by atoms with van der Waals surface area (Å²) in [5, 5.41) is 3.28. The maximum Gasteiger partial charge on any atom is 0.282 e. The molecule has 0 bridgehead atoms. The zero-order chi connectivity index (χ0) is 12.5. The Balaban J connectivity index is 2.05. The van der Waals surface area contributed by atoms with Crippen LogP contribution in [-0.4, -0.2) is 56.3 Å². The number of nitrogens with zero attached hydrogens (tertiary/aromatic N) is 2. The third-order valence-corrected chi connectivity index (χ3v) is 5.93. The first-order chi connectivity index (χ1) is 8.07. The summed E-state index contributed by atoms with van der Waals surface area (Å²) in [6, 6.07) is 0.184. The van der Waals surface area contributed by atoms with Crippen LogP contribution in [0.3, 0.4) is 0 Å². The van der Waals surface area contributed by atoms with Gasteiger partial charge in [0, 0.05) is 32.7 Å². The molecule has 2 saturated heterocycles. The van der Waals surface area contributed by atoms with Crippen molar-refractivity contribution in [2.45, 2.75) is 32.2 Å². The van der Waals surface area contributed by atoms with E-state index in [1.54, 1.807) is 11.4 Å². The fraction of sp³-hybridized carbons (Fsp3) is 1.00. The second-order valence-corrected chi connectivity index (χ2v) is 7.06. The molecule has 0 aromatic rings. The third-order valence-electron chi connectivity index (χ3n) is 3.91. The monoisotopic (exact) mass is 261 g/mol. The van der Waals surface area contributed by atoms with Crippen molar-refractivity contribution in [3.05, 3.63) is 0 Å². The molecule has 0 aliphatic carbocycles. The summed E-state index contributed by atoms with van der Waals surface area (Å²) in [4.78, 5) is 0. The minimum Gasteiger partial charge on any atom is -0.315 e. The van der Waals surface area contributed by atoms with Crippen molar-refractivity contribution >= 4 is 10.2 Å². The fourth-order valence-corrected chi connectivity index (χ4v) is 4.41. The predicted octanol–water partition coefficient (Wildman–Crippen LogP) is 0.257. The van der Waals surface area contributed by atoms with Gasteiger partial charge in [0.1, 0.15) is 0 Å². The normalized spacial score (nSPS) is 30.1. The SMILES string of the molecule is CCCCN(C)S(=O)(=O)N1CC[C@@H]2CNC[C@@H]21. The van der Waals surface area contributed by atoms with Crippen molar-refractivity contribution in [3.63, 3.8) is 0 Å². The molecule has 2 aliphatic heterocycles. The Labute approximate surface area is 104 Å². The van der Waals surface area contributed by atoms with Crippen LogP contribution < -0.4 is 5.32 Å². The highest BCUT2D eigenvalue weighted by atomic mass is 32.2. The Hall–Kier alpha value is -0.170. The van der Waals surface area contributed by atoms with Crippen LogP contribution in [0.4, 0.5) is 0 Å². The van der Waals surface area contributed by atoms with E-state index >= 15 is 0 Å². The Morgan fingerprint density at radius 3 is 2.88 bits per heavy atom. The van der Waals surface area contributed by atoms with Gasteiger partial charge in [0.2, 0.25) is 0 Å². The minimum absolute atomic E-state index is 0.184. The van der Waals surface area contributed by atoms with E-state index in [1.807, 2.05) is 0 Å². The van der Waals surface area contributed by atoms with Crippen molar-refractivity contribution in [2.24, 2.45) is 5.92 Å². The van der Waals surface area contributed by atoms with Gasteiger partial charge in [-0.2, -0.15) is 17.0 Å². The quantitative estimate of drug-likeness (QED) is 0.772. The molecule has 2 heterocycles. The van der Waals surface area contributed by atoms with Gasteiger partial charge in [0.05, 0.1) is 0 Å². The van der Waals surface area contributed by atoms with Crippen molar-refractivity contribution < 1.29 is 8.42 Å². The molecule has 6 heteroatoms. The van der Waals surface area contributed by atoms with Gasteiger partial charge in [0.25, 0.3) is 10.2 Å². The summed E-state index contributed by atoms with van der Waals surface area (Å²) < 4.78 is 28.0. The number of rotatable bonds is 5. The topological polar surface area (TPSA) is 52.7 Å². The first-order valence-electron chi connectivity index (χ1n) is 6.51.